The summed E-state index contributed by atoms with van der Waals surface area (Å²) in [5, 5.41) is 0. The summed E-state index contributed by atoms with van der Waals surface area (Å²) in [5.74, 6) is 33.0. The molecule has 0 atom stereocenters. The van der Waals surface area contributed by atoms with Gasteiger partial charge >= 0.3 is 0 Å². The van der Waals surface area contributed by atoms with Gasteiger partial charge in [0.2, 0.25) is 0 Å². The Labute approximate surface area is 240 Å². The van der Waals surface area contributed by atoms with Crippen molar-refractivity contribution in [3.05, 3.63) is 0 Å². The largest absolute Gasteiger partial charge is 0.106 e. The third-order valence-electron chi connectivity index (χ3n) is 3.43. The summed E-state index contributed by atoms with van der Waals surface area (Å²) in [5.41, 5.74) is 0. The average Bonchev–Trinajstić information content (AvgIpc) is 2.74. The van der Waals surface area contributed by atoms with E-state index < -0.39 is 31.9 Å². The lowest BCUT2D eigenvalue weighted by Crippen LogP contribution is -2.68. The Morgan fingerprint density at radius 3 is 1.36 bits per heavy atom. The minimum Gasteiger partial charge on any atom is -0.106 e. The van der Waals surface area contributed by atoms with Crippen molar-refractivity contribution < 1.29 is 0 Å². The van der Waals surface area contributed by atoms with Gasteiger partial charge < -0.3 is 0 Å². The van der Waals surface area contributed by atoms with Crippen molar-refractivity contribution in [1.82, 2.24) is 0 Å². The van der Waals surface area contributed by atoms with E-state index in [0.717, 1.165) is 0 Å². The Kier molecular flexibility index (Phi) is 43.2. The average molecular weight is 435 g/mol. The van der Waals surface area contributed by atoms with Crippen molar-refractivity contribution in [3.63, 3.8) is 0 Å². The van der Waals surface area contributed by atoms with E-state index in [1.165, 1.54) is 7.06 Å². The van der Waals surface area contributed by atoms with Gasteiger partial charge in [0.05, 0.1) is 6.42 Å². The molecular weight excluding hydrogens is 413 g/mol. The van der Waals surface area contributed by atoms with Crippen LogP contribution >= 0.6 is 0 Å². The summed E-state index contributed by atoms with van der Waals surface area (Å²) < 4.78 is 0. The van der Waals surface area contributed by atoms with Crippen molar-refractivity contribution in [2.24, 2.45) is 0 Å². The lowest BCUT2D eigenvalue weighted by molar-refractivity contribution is 1.57. The van der Waals surface area contributed by atoms with Crippen LogP contribution in [0.2, 0.25) is 0 Å². The Morgan fingerprint density at radius 1 is 0.611 bits per heavy atom. The number of hydrogen-bond acceptors (Lipinski definition) is 0. The first-order valence-corrected chi connectivity index (χ1v) is 9.25. The highest BCUT2D eigenvalue weighted by Gasteiger charge is 2.31. The normalized spacial score (nSPS) is 5.78. The minimum absolute atomic E-state index is 0. The van der Waals surface area contributed by atoms with Crippen LogP contribution in [0.3, 0.4) is 0 Å². The molecule has 36 heavy (non-hydrogen) atoms. The zero-order valence-electron chi connectivity index (χ0n) is 18.0. The molecule has 0 aromatic heterocycles. The van der Waals surface area contributed by atoms with Gasteiger partial charge in [0.1, 0.15) is 0 Å². The highest BCUT2D eigenvalue weighted by atomic mass is 13.6. The molecule has 0 N–H and O–H groups in total. The quantitative estimate of drug-likeness (QED) is 0.307. The highest BCUT2D eigenvalue weighted by molar-refractivity contribution is 8.06. The summed E-state index contributed by atoms with van der Waals surface area (Å²) in [7, 11) is 47.4. The van der Waals surface area contributed by atoms with E-state index in [0.29, 0.717) is 6.42 Å². The van der Waals surface area contributed by atoms with E-state index in [1.54, 1.807) is 14.0 Å². The van der Waals surface area contributed by atoms with E-state index in [9.17, 15) is 0 Å². The molecule has 0 rings (SSSR count). The van der Waals surface area contributed by atoms with Gasteiger partial charge in [-0.15, -0.1) is 6.42 Å². The van der Waals surface area contributed by atoms with Gasteiger partial charge in [0.15, 0.2) is 0 Å². The Bertz CT molecular complexity index is 954. The molecule has 0 heterocycles. The van der Waals surface area contributed by atoms with Gasteiger partial charge in [-0.05, 0) is 66.1 Å². The van der Waals surface area contributed by atoms with Crippen LogP contribution in [0, 0.1) is 83.4 Å². The molecule has 0 fully saturated rings. The Hall–Kier alpha value is -2.04. The van der Waals surface area contributed by atoms with Gasteiger partial charge in [-0.2, -0.15) is 0 Å². The standard InChI is InChI=1S/C16H6.4CH4.B16/c1-3-5-7-9-11-13-15-16-14-12-10-8-6-4-2;;;;;1-9-14(8)16(13(6)7)10-15(11(2)3)12(4)5/h1H,16H2,2H3;4*1H4;. The molecule has 0 amide bonds. The van der Waals surface area contributed by atoms with Gasteiger partial charge in [-0.25, -0.2) is 0 Å². The van der Waals surface area contributed by atoms with E-state index in [4.69, 9.17) is 68.3 Å². The second kappa shape index (κ2) is 33.0. The fourth-order valence-electron chi connectivity index (χ4n) is 1.89. The molecule has 0 spiro atoms. The Balaban J connectivity index is -0.000000112. The summed E-state index contributed by atoms with van der Waals surface area (Å²) in [6, 6.07) is 0. The van der Waals surface area contributed by atoms with Crippen LogP contribution in [0.4, 0.5) is 0 Å². The van der Waals surface area contributed by atoms with E-state index >= 15 is 0 Å². The summed E-state index contributed by atoms with van der Waals surface area (Å²) >= 11 is 0. The van der Waals surface area contributed by atoms with E-state index in [-0.39, 0.29) is 36.1 Å². The van der Waals surface area contributed by atoms with E-state index in [2.05, 4.69) is 77.0 Å². The maximum Gasteiger partial charge on any atom is 0.0723 e. The monoisotopic (exact) mass is 438 g/mol. The van der Waals surface area contributed by atoms with Crippen LogP contribution in [0.5, 0.6) is 0 Å². The van der Waals surface area contributed by atoms with Crippen molar-refractivity contribution in [2.45, 2.75) is 43.1 Å². The first-order chi connectivity index (χ1) is 15.2. The fraction of sp³-hybridized carbons (Fsp3) is 0.300. The van der Waals surface area contributed by atoms with Gasteiger partial charge in [0, 0.05) is 114 Å². The molecule has 0 aromatic carbocycles. The SMILES string of the molecule is C.C.C.C.C#CC#CC#CC#CCC#CC#CC#CC.[B][B]B([B])B([B]B(B([B])[B])B([B])[B])B([B])[B]. The lowest BCUT2D eigenvalue weighted by Gasteiger charge is -2.30. The smallest absolute Gasteiger partial charge is 0.0723 e. The highest BCUT2D eigenvalue weighted by Crippen LogP contribution is 1.93. The third kappa shape index (κ3) is 28.2. The molecular formula is C20H22B16. The minimum atomic E-state index is -0.703. The topological polar surface area (TPSA) is 0 Å². The molecule has 16 heteroatoms. The van der Waals surface area contributed by atoms with Crippen LogP contribution in [-0.4, -0.2) is 114 Å². The molecule has 18 radical (unpaired) electrons. The first kappa shape index (κ1) is 47.2. The van der Waals surface area contributed by atoms with Gasteiger partial charge in [0.25, 0.3) is 0 Å². The predicted molar refractivity (Wildman–Crippen MR) is 185 cm³/mol. The molecule has 0 aliphatic heterocycles. The summed E-state index contributed by atoms with van der Waals surface area (Å²) in [4.78, 5) is 0. The van der Waals surface area contributed by atoms with Crippen LogP contribution in [0.25, 0.3) is 0 Å². The van der Waals surface area contributed by atoms with Crippen molar-refractivity contribution in [3.8, 4) is 83.4 Å². The fourth-order valence-corrected chi connectivity index (χ4v) is 1.89. The van der Waals surface area contributed by atoms with Gasteiger partial charge in [-0.3, -0.25) is 0 Å². The van der Waals surface area contributed by atoms with Crippen LogP contribution in [0.15, 0.2) is 0 Å². The Morgan fingerprint density at radius 2 is 1.00 bits per heavy atom. The number of terminal acetylenes is 1. The summed E-state index contributed by atoms with van der Waals surface area (Å²) in [6.45, 7) is 1.72. The zero-order chi connectivity index (χ0) is 24.8. The molecule has 0 aliphatic rings. The maximum atomic E-state index is 5.73. The molecule has 0 unspecified atom stereocenters. The van der Waals surface area contributed by atoms with Crippen molar-refractivity contribution in [1.29, 1.82) is 0 Å². The molecule has 150 valence electrons. The molecule has 0 saturated heterocycles. The first-order valence-electron chi connectivity index (χ1n) is 9.25. The van der Waals surface area contributed by atoms with Crippen molar-refractivity contribution >= 4 is 114 Å². The predicted octanol–water partition coefficient (Wildman–Crippen LogP) is -2.50. The van der Waals surface area contributed by atoms with E-state index in [1.807, 2.05) is 0 Å². The second-order valence-corrected chi connectivity index (χ2v) is 5.90. The zero-order valence-corrected chi connectivity index (χ0v) is 18.0. The van der Waals surface area contributed by atoms with Crippen LogP contribution < -0.4 is 0 Å². The lowest BCUT2D eigenvalue weighted by atomic mass is 8.52. The maximum absolute atomic E-state index is 5.73. The molecule has 0 nitrogen and oxygen atoms in total. The molecule has 0 aromatic rings. The van der Waals surface area contributed by atoms with Crippen molar-refractivity contribution in [2.75, 3.05) is 0 Å². The number of hydrogen-bond donors (Lipinski definition) is 0. The molecule has 0 aliphatic carbocycles. The number of rotatable bonds is 7. The van der Waals surface area contributed by atoms with Crippen LogP contribution in [-0.2, 0) is 0 Å². The van der Waals surface area contributed by atoms with Gasteiger partial charge in [-0.1, -0.05) is 47.5 Å². The third-order valence-corrected chi connectivity index (χ3v) is 3.43. The molecule has 0 saturated carbocycles. The van der Waals surface area contributed by atoms with Crippen LogP contribution in [0.1, 0.15) is 43.1 Å². The molecule has 0 bridgehead atoms. The second-order valence-electron chi connectivity index (χ2n) is 5.90. The summed E-state index contributed by atoms with van der Waals surface area (Å²) in [6.07, 6.45) is 1.89.